The second-order valence-electron chi connectivity index (χ2n) is 6.89. The summed E-state index contributed by atoms with van der Waals surface area (Å²) in [4.78, 5) is 14.9. The van der Waals surface area contributed by atoms with Crippen molar-refractivity contribution < 1.29 is 9.18 Å². The summed E-state index contributed by atoms with van der Waals surface area (Å²) < 4.78 is 13.1. The van der Waals surface area contributed by atoms with Crippen LogP contribution in [0.1, 0.15) is 28.3 Å². The molecule has 0 unspecified atom stereocenters. The fourth-order valence-electron chi connectivity index (χ4n) is 3.62. The maximum absolute atomic E-state index is 13.1. The van der Waals surface area contributed by atoms with Gasteiger partial charge in [0.2, 0.25) is 0 Å². The molecule has 4 rings (SSSR count). The second-order valence-corrected chi connectivity index (χ2v) is 6.89. The number of carbonyl (C=O) groups excluding carboxylic acids is 1. The Morgan fingerprint density at radius 3 is 2.44 bits per heavy atom. The molecule has 4 heteroatoms. The third-order valence-electron chi connectivity index (χ3n) is 5.03. The van der Waals surface area contributed by atoms with Crippen LogP contribution in [0.3, 0.4) is 0 Å². The molecule has 1 atom stereocenters. The molecule has 1 aliphatic heterocycles. The zero-order valence-electron chi connectivity index (χ0n) is 15.2. The highest BCUT2D eigenvalue weighted by Gasteiger charge is 2.31. The Morgan fingerprint density at radius 1 is 1.00 bits per heavy atom. The predicted molar refractivity (Wildman–Crippen MR) is 105 cm³/mol. The van der Waals surface area contributed by atoms with E-state index >= 15 is 0 Å². The molecule has 3 nitrogen and oxygen atoms in total. The Labute approximate surface area is 158 Å². The van der Waals surface area contributed by atoms with Crippen LogP contribution in [0.2, 0.25) is 0 Å². The van der Waals surface area contributed by atoms with Gasteiger partial charge in [0.1, 0.15) is 5.82 Å². The Bertz CT molecular complexity index is 951. The van der Waals surface area contributed by atoms with Crippen molar-refractivity contribution in [1.29, 1.82) is 0 Å². The van der Waals surface area contributed by atoms with Crippen molar-refractivity contribution in [3.63, 3.8) is 0 Å². The van der Waals surface area contributed by atoms with Gasteiger partial charge in [-0.2, -0.15) is 0 Å². The first-order valence-corrected chi connectivity index (χ1v) is 9.09. The standard InChI is InChI=1S/C23H21FN2O/c1-16-6-8-18(9-7-16)22-21-5-3-2-4-17(21)14-15-26(22)23(27)25-20-12-10-19(24)11-13-20/h2-13,22H,14-15H2,1H3,(H,25,27)/t22-/m0/s1. The molecule has 0 spiro atoms. The number of nitrogens with zero attached hydrogens (tertiary/aromatic N) is 1. The number of anilines is 1. The average Bonchev–Trinajstić information content (AvgIpc) is 2.69. The first-order valence-electron chi connectivity index (χ1n) is 9.09. The van der Waals surface area contributed by atoms with Gasteiger partial charge in [-0.3, -0.25) is 0 Å². The quantitative estimate of drug-likeness (QED) is 0.660. The maximum Gasteiger partial charge on any atom is 0.322 e. The predicted octanol–water partition coefficient (Wildman–Crippen LogP) is 5.31. The molecule has 1 N–H and O–H groups in total. The average molecular weight is 360 g/mol. The summed E-state index contributed by atoms with van der Waals surface area (Å²) in [7, 11) is 0. The lowest BCUT2D eigenvalue weighted by Gasteiger charge is -2.37. The van der Waals surface area contributed by atoms with Crippen LogP contribution >= 0.6 is 0 Å². The highest BCUT2D eigenvalue weighted by molar-refractivity contribution is 5.90. The Hall–Kier alpha value is -3.14. The van der Waals surface area contributed by atoms with E-state index in [9.17, 15) is 9.18 Å². The van der Waals surface area contributed by atoms with Gasteiger partial charge in [-0.25, -0.2) is 9.18 Å². The highest BCUT2D eigenvalue weighted by atomic mass is 19.1. The van der Waals surface area contributed by atoms with Crippen LogP contribution in [0.5, 0.6) is 0 Å². The minimum atomic E-state index is -0.322. The summed E-state index contributed by atoms with van der Waals surface area (Å²) in [5.41, 5.74) is 5.28. The number of fused-ring (bicyclic) bond motifs is 1. The molecular formula is C23H21FN2O. The van der Waals surface area contributed by atoms with Crippen molar-refractivity contribution in [2.45, 2.75) is 19.4 Å². The van der Waals surface area contributed by atoms with E-state index in [4.69, 9.17) is 0 Å². The molecular weight excluding hydrogens is 339 g/mol. The summed E-state index contributed by atoms with van der Waals surface area (Å²) in [6, 6.07) is 22.1. The largest absolute Gasteiger partial charge is 0.322 e. The Morgan fingerprint density at radius 2 is 1.70 bits per heavy atom. The van der Waals surface area contributed by atoms with Crippen molar-refractivity contribution in [3.8, 4) is 0 Å². The van der Waals surface area contributed by atoms with Crippen LogP contribution in [0.4, 0.5) is 14.9 Å². The smallest absolute Gasteiger partial charge is 0.313 e. The van der Waals surface area contributed by atoms with E-state index in [0.717, 1.165) is 17.5 Å². The van der Waals surface area contributed by atoms with E-state index in [1.807, 2.05) is 17.0 Å². The number of nitrogens with one attached hydrogen (secondary N) is 1. The topological polar surface area (TPSA) is 32.3 Å². The summed E-state index contributed by atoms with van der Waals surface area (Å²) in [5.74, 6) is -0.322. The van der Waals surface area contributed by atoms with Crippen LogP contribution in [-0.2, 0) is 6.42 Å². The molecule has 0 saturated heterocycles. The molecule has 0 aliphatic carbocycles. The van der Waals surface area contributed by atoms with E-state index in [2.05, 4.69) is 48.6 Å². The van der Waals surface area contributed by atoms with Crippen LogP contribution < -0.4 is 5.32 Å². The normalized spacial score (nSPS) is 15.9. The molecule has 0 fully saturated rings. The van der Waals surface area contributed by atoms with Crippen LogP contribution in [0.25, 0.3) is 0 Å². The number of halogens is 1. The van der Waals surface area contributed by atoms with Gasteiger partial charge in [0.15, 0.2) is 0 Å². The van der Waals surface area contributed by atoms with Gasteiger partial charge in [0.05, 0.1) is 6.04 Å². The number of urea groups is 1. The van der Waals surface area contributed by atoms with Crippen LogP contribution in [0.15, 0.2) is 72.8 Å². The highest BCUT2D eigenvalue weighted by Crippen LogP contribution is 2.35. The summed E-state index contributed by atoms with van der Waals surface area (Å²) in [6.45, 7) is 2.68. The lowest BCUT2D eigenvalue weighted by Crippen LogP contribution is -2.43. The molecule has 136 valence electrons. The first-order chi connectivity index (χ1) is 13.1. The van der Waals surface area contributed by atoms with E-state index in [1.165, 1.54) is 23.3 Å². The van der Waals surface area contributed by atoms with Crippen molar-refractivity contribution in [2.24, 2.45) is 0 Å². The minimum absolute atomic E-state index is 0.143. The number of benzene rings is 3. The van der Waals surface area contributed by atoms with Gasteiger partial charge in [0.25, 0.3) is 0 Å². The molecule has 3 aromatic rings. The summed E-state index contributed by atoms with van der Waals surface area (Å²) >= 11 is 0. The van der Waals surface area contributed by atoms with Gasteiger partial charge < -0.3 is 10.2 Å². The first kappa shape index (κ1) is 17.3. The van der Waals surface area contributed by atoms with Gasteiger partial charge in [-0.15, -0.1) is 0 Å². The van der Waals surface area contributed by atoms with Crippen molar-refractivity contribution in [1.82, 2.24) is 4.90 Å². The molecule has 0 radical (unpaired) electrons. The SMILES string of the molecule is Cc1ccc([C@H]2c3ccccc3CCN2C(=O)Nc2ccc(F)cc2)cc1. The number of rotatable bonds is 2. The van der Waals surface area contributed by atoms with Crippen LogP contribution in [-0.4, -0.2) is 17.5 Å². The van der Waals surface area contributed by atoms with E-state index in [-0.39, 0.29) is 17.9 Å². The van der Waals surface area contributed by atoms with Gasteiger partial charge >= 0.3 is 6.03 Å². The number of amides is 2. The third kappa shape index (κ3) is 3.56. The molecule has 2 amide bonds. The monoisotopic (exact) mass is 360 g/mol. The lowest BCUT2D eigenvalue weighted by molar-refractivity contribution is 0.194. The van der Waals surface area contributed by atoms with Crippen molar-refractivity contribution in [2.75, 3.05) is 11.9 Å². The van der Waals surface area contributed by atoms with Gasteiger partial charge in [-0.1, -0.05) is 54.1 Å². The number of hydrogen-bond donors (Lipinski definition) is 1. The number of carbonyl (C=O) groups is 1. The van der Waals surface area contributed by atoms with E-state index < -0.39 is 0 Å². The third-order valence-corrected chi connectivity index (χ3v) is 5.03. The van der Waals surface area contributed by atoms with Crippen molar-refractivity contribution in [3.05, 3.63) is 101 Å². The zero-order chi connectivity index (χ0) is 18.8. The zero-order valence-corrected chi connectivity index (χ0v) is 15.2. The minimum Gasteiger partial charge on any atom is -0.313 e. The van der Waals surface area contributed by atoms with E-state index in [0.29, 0.717) is 12.2 Å². The molecule has 1 aliphatic rings. The Balaban J connectivity index is 1.68. The molecule has 0 bridgehead atoms. The van der Waals surface area contributed by atoms with Gasteiger partial charge in [-0.05, 0) is 54.3 Å². The lowest BCUT2D eigenvalue weighted by atomic mass is 9.88. The molecule has 0 aromatic heterocycles. The second kappa shape index (κ2) is 7.23. The number of aryl methyl sites for hydroxylation is 1. The molecule has 3 aromatic carbocycles. The molecule has 1 heterocycles. The Kier molecular flexibility index (Phi) is 4.63. The molecule has 27 heavy (non-hydrogen) atoms. The summed E-state index contributed by atoms with van der Waals surface area (Å²) in [5, 5.41) is 2.90. The summed E-state index contributed by atoms with van der Waals surface area (Å²) in [6.07, 6.45) is 0.815. The van der Waals surface area contributed by atoms with Crippen molar-refractivity contribution >= 4 is 11.7 Å². The van der Waals surface area contributed by atoms with Crippen LogP contribution in [0, 0.1) is 12.7 Å². The number of hydrogen-bond acceptors (Lipinski definition) is 1. The van der Waals surface area contributed by atoms with Gasteiger partial charge in [0, 0.05) is 12.2 Å². The van der Waals surface area contributed by atoms with E-state index in [1.54, 1.807) is 12.1 Å². The fourth-order valence-corrected chi connectivity index (χ4v) is 3.62. The molecule has 0 saturated carbocycles. The fraction of sp³-hybridized carbons (Fsp3) is 0.174. The maximum atomic E-state index is 13.1.